The molecule has 0 aliphatic heterocycles. The molecule has 0 N–H and O–H groups in total. The van der Waals surface area contributed by atoms with Gasteiger partial charge in [-0.1, -0.05) is 64.7 Å². The van der Waals surface area contributed by atoms with Crippen LogP contribution in [0.15, 0.2) is 30.5 Å². The molecule has 1 aliphatic carbocycles. The third-order valence-corrected chi connectivity index (χ3v) is 8.52. The van der Waals surface area contributed by atoms with Gasteiger partial charge in [0.25, 0.3) is 0 Å². The standard InChI is InChI=1S/C24H36NSi/c1-17-14-18(26(7,8)9)10-11-19(17)22-15-20-21(16-25(22)6)24(4,5)13-12-23(20,2)3/h10-11,14-16H,12-13H2,1-9H3/q+1. The molecule has 0 spiro atoms. The second kappa shape index (κ2) is 6.05. The van der Waals surface area contributed by atoms with Crippen molar-refractivity contribution in [3.8, 4) is 11.3 Å². The van der Waals surface area contributed by atoms with Crippen molar-refractivity contribution >= 4 is 13.3 Å². The summed E-state index contributed by atoms with van der Waals surface area (Å²) in [6.07, 6.45) is 4.92. The van der Waals surface area contributed by atoms with Gasteiger partial charge < -0.3 is 0 Å². The maximum Gasteiger partial charge on any atom is 0.212 e. The molecule has 1 aromatic heterocycles. The lowest BCUT2D eigenvalue weighted by molar-refractivity contribution is -0.661. The molecular formula is C24H36NSi+. The number of benzene rings is 1. The smallest absolute Gasteiger partial charge is 0.201 e. The van der Waals surface area contributed by atoms with Gasteiger partial charge in [0.05, 0.1) is 8.07 Å². The number of fused-ring (bicyclic) bond motifs is 1. The summed E-state index contributed by atoms with van der Waals surface area (Å²) in [6, 6.07) is 9.62. The van der Waals surface area contributed by atoms with Crippen molar-refractivity contribution in [2.75, 3.05) is 0 Å². The van der Waals surface area contributed by atoms with Crippen molar-refractivity contribution in [3.05, 3.63) is 47.2 Å². The molecule has 1 nitrogen and oxygen atoms in total. The summed E-state index contributed by atoms with van der Waals surface area (Å²) in [5, 5.41) is 1.54. The lowest BCUT2D eigenvalue weighted by atomic mass is 9.63. The SMILES string of the molecule is Cc1cc([Si](C)(C)C)ccc1-c1cc2c(c[n+]1C)C(C)(C)CCC2(C)C. The van der Waals surface area contributed by atoms with E-state index in [0.29, 0.717) is 0 Å². The Balaban J connectivity index is 2.19. The molecule has 140 valence electrons. The topological polar surface area (TPSA) is 3.88 Å². The Morgan fingerprint density at radius 3 is 2.00 bits per heavy atom. The molecule has 0 radical (unpaired) electrons. The van der Waals surface area contributed by atoms with E-state index < -0.39 is 8.07 Å². The van der Waals surface area contributed by atoms with Crippen LogP contribution in [0.25, 0.3) is 11.3 Å². The van der Waals surface area contributed by atoms with Crippen LogP contribution in [0.1, 0.15) is 57.2 Å². The summed E-state index contributed by atoms with van der Waals surface area (Å²) in [5.74, 6) is 0. The highest BCUT2D eigenvalue weighted by atomic mass is 28.3. The van der Waals surface area contributed by atoms with E-state index in [1.165, 1.54) is 40.8 Å². The van der Waals surface area contributed by atoms with Crippen molar-refractivity contribution < 1.29 is 4.57 Å². The second-order valence-corrected chi connectivity index (χ2v) is 15.7. The monoisotopic (exact) mass is 366 g/mol. The van der Waals surface area contributed by atoms with Gasteiger partial charge in [0, 0.05) is 17.2 Å². The van der Waals surface area contributed by atoms with Crippen LogP contribution in [-0.4, -0.2) is 8.07 Å². The molecule has 1 aliphatic rings. The molecule has 1 aromatic carbocycles. The largest absolute Gasteiger partial charge is 0.212 e. The number of rotatable bonds is 2. The first-order valence-corrected chi connectivity index (χ1v) is 13.5. The average Bonchev–Trinajstić information content (AvgIpc) is 2.51. The van der Waals surface area contributed by atoms with Crippen molar-refractivity contribution in [2.24, 2.45) is 7.05 Å². The van der Waals surface area contributed by atoms with Crippen LogP contribution >= 0.6 is 0 Å². The minimum atomic E-state index is -1.27. The molecule has 1 heterocycles. The van der Waals surface area contributed by atoms with E-state index in [2.05, 4.69) is 96.3 Å². The van der Waals surface area contributed by atoms with Crippen LogP contribution in [0.2, 0.25) is 19.6 Å². The summed E-state index contributed by atoms with van der Waals surface area (Å²) in [6.45, 7) is 19.1. The summed E-state index contributed by atoms with van der Waals surface area (Å²) in [5.41, 5.74) is 7.68. The van der Waals surface area contributed by atoms with Crippen molar-refractivity contribution in [3.63, 3.8) is 0 Å². The fraction of sp³-hybridized carbons (Fsp3) is 0.542. The van der Waals surface area contributed by atoms with Gasteiger partial charge in [-0.2, -0.15) is 0 Å². The molecule has 0 saturated heterocycles. The number of hydrogen-bond acceptors (Lipinski definition) is 0. The maximum absolute atomic E-state index is 2.48. The third kappa shape index (κ3) is 3.29. The highest BCUT2D eigenvalue weighted by Gasteiger charge is 2.39. The molecule has 0 amide bonds. The van der Waals surface area contributed by atoms with Gasteiger partial charge >= 0.3 is 0 Å². The summed E-state index contributed by atoms with van der Waals surface area (Å²) in [7, 11) is 0.933. The van der Waals surface area contributed by atoms with Crippen molar-refractivity contribution in [2.45, 2.75) is 77.9 Å². The molecular weight excluding hydrogens is 330 g/mol. The molecule has 0 bridgehead atoms. The molecule has 3 rings (SSSR count). The molecule has 2 heteroatoms. The molecule has 0 atom stereocenters. The van der Waals surface area contributed by atoms with Crippen LogP contribution in [0.5, 0.6) is 0 Å². The van der Waals surface area contributed by atoms with Gasteiger partial charge in [0.15, 0.2) is 6.20 Å². The predicted octanol–water partition coefficient (Wildman–Crippen LogP) is 5.38. The Kier molecular flexibility index (Phi) is 4.51. The number of aryl methyl sites for hydroxylation is 2. The first kappa shape index (κ1) is 19.4. The van der Waals surface area contributed by atoms with Gasteiger partial charge in [-0.25, -0.2) is 4.57 Å². The summed E-state index contributed by atoms with van der Waals surface area (Å²) in [4.78, 5) is 0. The predicted molar refractivity (Wildman–Crippen MR) is 116 cm³/mol. The molecule has 0 fully saturated rings. The zero-order valence-corrected chi connectivity index (χ0v) is 19.2. The lowest BCUT2D eigenvalue weighted by Crippen LogP contribution is -2.41. The molecule has 26 heavy (non-hydrogen) atoms. The highest BCUT2D eigenvalue weighted by Crippen LogP contribution is 2.46. The van der Waals surface area contributed by atoms with Crippen LogP contribution < -0.4 is 9.75 Å². The van der Waals surface area contributed by atoms with Crippen LogP contribution in [0.4, 0.5) is 0 Å². The summed E-state index contributed by atoms with van der Waals surface area (Å²) >= 11 is 0. The van der Waals surface area contributed by atoms with Crippen molar-refractivity contribution in [1.82, 2.24) is 0 Å². The van der Waals surface area contributed by atoms with Crippen LogP contribution in [0.3, 0.4) is 0 Å². The Morgan fingerprint density at radius 1 is 0.885 bits per heavy atom. The quantitative estimate of drug-likeness (QED) is 0.496. The van der Waals surface area contributed by atoms with E-state index >= 15 is 0 Å². The zero-order valence-electron chi connectivity index (χ0n) is 18.2. The van der Waals surface area contributed by atoms with Gasteiger partial charge in [0.2, 0.25) is 5.69 Å². The molecule has 2 aromatic rings. The average molecular weight is 367 g/mol. The fourth-order valence-electron chi connectivity index (χ4n) is 4.33. The first-order chi connectivity index (χ1) is 11.8. The van der Waals surface area contributed by atoms with E-state index in [0.717, 1.165) is 0 Å². The van der Waals surface area contributed by atoms with Crippen molar-refractivity contribution in [1.29, 1.82) is 0 Å². The van der Waals surface area contributed by atoms with Gasteiger partial charge in [-0.05, 0) is 47.8 Å². The van der Waals surface area contributed by atoms with Gasteiger partial charge in [0.1, 0.15) is 7.05 Å². The van der Waals surface area contributed by atoms with Crippen LogP contribution in [0, 0.1) is 6.92 Å². The highest BCUT2D eigenvalue weighted by molar-refractivity contribution is 6.88. The Bertz CT molecular complexity index is 853. The van der Waals surface area contributed by atoms with Crippen LogP contribution in [-0.2, 0) is 17.9 Å². The van der Waals surface area contributed by atoms with E-state index in [9.17, 15) is 0 Å². The van der Waals surface area contributed by atoms with Gasteiger partial charge in [-0.15, -0.1) is 0 Å². The number of hydrogen-bond donors (Lipinski definition) is 0. The minimum Gasteiger partial charge on any atom is -0.201 e. The van der Waals surface area contributed by atoms with E-state index in [4.69, 9.17) is 0 Å². The summed E-state index contributed by atoms with van der Waals surface area (Å²) < 4.78 is 2.35. The Labute approximate surface area is 161 Å². The maximum atomic E-state index is 2.48. The third-order valence-electron chi connectivity index (χ3n) is 6.48. The lowest BCUT2D eigenvalue weighted by Gasteiger charge is -2.40. The normalized spacial score (nSPS) is 18.5. The Morgan fingerprint density at radius 2 is 1.46 bits per heavy atom. The second-order valence-electron chi connectivity index (χ2n) is 10.6. The molecule has 0 saturated carbocycles. The van der Waals surface area contributed by atoms with E-state index in [1.54, 1.807) is 5.19 Å². The number of nitrogens with zero attached hydrogens (tertiary/aromatic N) is 1. The van der Waals surface area contributed by atoms with Gasteiger partial charge in [-0.3, -0.25) is 0 Å². The first-order valence-electron chi connectivity index (χ1n) is 9.99. The number of pyridine rings is 1. The zero-order chi connectivity index (χ0) is 19.5. The fourth-order valence-corrected chi connectivity index (χ4v) is 5.56. The number of aromatic nitrogens is 1. The van der Waals surface area contributed by atoms with E-state index in [-0.39, 0.29) is 10.8 Å². The van der Waals surface area contributed by atoms with E-state index in [1.807, 2.05) is 0 Å². The molecule has 0 unspecified atom stereocenters. The Hall–Kier alpha value is -1.41. The minimum absolute atomic E-state index is 0.250.